The Hall–Kier alpha value is -3.10. The highest BCUT2D eigenvalue weighted by Gasteiger charge is 2.30. The Kier molecular flexibility index (Phi) is 4.07. The number of rotatable bonds is 4. The predicted molar refractivity (Wildman–Crippen MR) is 80.4 cm³/mol. The van der Waals surface area contributed by atoms with Crippen molar-refractivity contribution in [1.29, 1.82) is 0 Å². The van der Waals surface area contributed by atoms with Crippen LogP contribution in [0.15, 0.2) is 48.9 Å². The largest absolute Gasteiger partial charge is 0.481 e. The lowest BCUT2D eigenvalue weighted by molar-refractivity contribution is -0.137. The summed E-state index contributed by atoms with van der Waals surface area (Å²) in [7, 11) is 1.49. The van der Waals surface area contributed by atoms with Crippen LogP contribution < -0.4 is 10.1 Å². The summed E-state index contributed by atoms with van der Waals surface area (Å²) in [6.07, 6.45) is -1.54. The molecule has 24 heavy (non-hydrogen) atoms. The molecule has 124 valence electrons. The van der Waals surface area contributed by atoms with Crippen LogP contribution in [0.1, 0.15) is 5.56 Å². The maximum atomic E-state index is 12.8. The van der Waals surface area contributed by atoms with E-state index in [1.807, 2.05) is 0 Å². The van der Waals surface area contributed by atoms with Crippen LogP contribution in [0.3, 0.4) is 0 Å². The number of nitrogens with one attached hydrogen (secondary N) is 1. The van der Waals surface area contributed by atoms with Crippen molar-refractivity contribution in [3.63, 3.8) is 0 Å². The first-order valence-corrected chi connectivity index (χ1v) is 6.82. The van der Waals surface area contributed by atoms with Crippen LogP contribution >= 0.6 is 0 Å². The summed E-state index contributed by atoms with van der Waals surface area (Å²) in [5.74, 6) is 0.651. The highest BCUT2D eigenvalue weighted by molar-refractivity contribution is 5.54. The van der Waals surface area contributed by atoms with Gasteiger partial charge in [0, 0.05) is 18.0 Å². The standard InChI is InChI=1S/C15H12F3N5O/c1-24-13-8-11(5-6-19-13)21-14-20-9-23(22-14)12-4-2-3-10(7-12)15(16,17)18/h2-9H,1H3,(H,19,21,22). The molecule has 0 aliphatic rings. The Morgan fingerprint density at radius 2 is 1.96 bits per heavy atom. The minimum Gasteiger partial charge on any atom is -0.481 e. The van der Waals surface area contributed by atoms with Gasteiger partial charge in [-0.05, 0) is 24.3 Å². The van der Waals surface area contributed by atoms with Gasteiger partial charge in [-0.3, -0.25) is 0 Å². The second kappa shape index (κ2) is 6.19. The average molecular weight is 335 g/mol. The molecule has 0 bridgehead atoms. The number of halogens is 3. The van der Waals surface area contributed by atoms with Crippen LogP contribution in [0.4, 0.5) is 24.8 Å². The highest BCUT2D eigenvalue weighted by atomic mass is 19.4. The molecule has 9 heteroatoms. The number of benzene rings is 1. The van der Waals surface area contributed by atoms with Crippen molar-refractivity contribution < 1.29 is 17.9 Å². The van der Waals surface area contributed by atoms with E-state index in [1.54, 1.807) is 18.3 Å². The molecule has 3 rings (SSSR count). The number of alkyl halides is 3. The van der Waals surface area contributed by atoms with Crippen molar-refractivity contribution in [2.75, 3.05) is 12.4 Å². The van der Waals surface area contributed by atoms with Crippen LogP contribution in [0.25, 0.3) is 5.69 Å². The zero-order valence-corrected chi connectivity index (χ0v) is 12.4. The molecular formula is C15H12F3N5O. The molecule has 0 amide bonds. The third-order valence-corrected chi connectivity index (χ3v) is 3.13. The van der Waals surface area contributed by atoms with E-state index in [2.05, 4.69) is 20.4 Å². The Bertz CT molecular complexity index is 847. The Balaban J connectivity index is 1.83. The molecule has 6 nitrogen and oxygen atoms in total. The molecule has 2 heterocycles. The predicted octanol–water partition coefficient (Wildman–Crippen LogP) is 3.43. The SMILES string of the molecule is COc1cc(Nc2ncn(-c3cccc(C(F)(F)F)c3)n2)ccn1. The fourth-order valence-corrected chi connectivity index (χ4v) is 2.00. The van der Waals surface area contributed by atoms with Crippen LogP contribution in [-0.4, -0.2) is 26.9 Å². The van der Waals surface area contributed by atoms with Crippen LogP contribution in [-0.2, 0) is 6.18 Å². The fraction of sp³-hybridized carbons (Fsp3) is 0.133. The number of anilines is 2. The molecule has 0 aliphatic carbocycles. The minimum atomic E-state index is -4.41. The van der Waals surface area contributed by atoms with E-state index >= 15 is 0 Å². The summed E-state index contributed by atoms with van der Waals surface area (Å²) in [5.41, 5.74) is 0.158. The third-order valence-electron chi connectivity index (χ3n) is 3.13. The lowest BCUT2D eigenvalue weighted by Gasteiger charge is -2.08. The van der Waals surface area contributed by atoms with Gasteiger partial charge in [0.15, 0.2) is 0 Å². The lowest BCUT2D eigenvalue weighted by atomic mass is 10.2. The first-order chi connectivity index (χ1) is 11.5. The highest BCUT2D eigenvalue weighted by Crippen LogP contribution is 2.30. The van der Waals surface area contributed by atoms with Gasteiger partial charge in [-0.25, -0.2) is 9.67 Å². The summed E-state index contributed by atoms with van der Waals surface area (Å²) in [6, 6.07) is 8.18. The van der Waals surface area contributed by atoms with Crippen molar-refractivity contribution in [2.24, 2.45) is 0 Å². The lowest BCUT2D eigenvalue weighted by Crippen LogP contribution is -2.06. The van der Waals surface area contributed by atoms with Gasteiger partial charge in [-0.15, -0.1) is 5.10 Å². The summed E-state index contributed by atoms with van der Waals surface area (Å²) in [4.78, 5) is 8.00. The summed E-state index contributed by atoms with van der Waals surface area (Å²) < 4.78 is 44.6. The first-order valence-electron chi connectivity index (χ1n) is 6.82. The maximum Gasteiger partial charge on any atom is 0.416 e. The molecule has 0 unspecified atom stereocenters. The van der Waals surface area contributed by atoms with Gasteiger partial charge in [0.05, 0.1) is 18.4 Å². The second-order valence-corrected chi connectivity index (χ2v) is 4.77. The van der Waals surface area contributed by atoms with Gasteiger partial charge in [0.1, 0.15) is 6.33 Å². The topological polar surface area (TPSA) is 64.9 Å². The van der Waals surface area contributed by atoms with E-state index < -0.39 is 11.7 Å². The number of hydrogen-bond donors (Lipinski definition) is 1. The minimum absolute atomic E-state index is 0.237. The quantitative estimate of drug-likeness (QED) is 0.791. The van der Waals surface area contributed by atoms with Gasteiger partial charge in [-0.2, -0.15) is 18.2 Å². The van der Waals surface area contributed by atoms with E-state index in [4.69, 9.17) is 4.74 Å². The average Bonchev–Trinajstić information content (AvgIpc) is 3.03. The van der Waals surface area contributed by atoms with E-state index in [0.717, 1.165) is 12.1 Å². The normalized spacial score (nSPS) is 11.3. The molecule has 1 aromatic carbocycles. The van der Waals surface area contributed by atoms with Crippen LogP contribution in [0.2, 0.25) is 0 Å². The number of ether oxygens (including phenoxy) is 1. The molecular weight excluding hydrogens is 323 g/mol. The molecule has 2 aromatic heterocycles. The van der Waals surface area contributed by atoms with Crippen LogP contribution in [0.5, 0.6) is 5.88 Å². The summed E-state index contributed by atoms with van der Waals surface area (Å²) in [5, 5.41) is 7.05. The molecule has 0 aliphatic heterocycles. The summed E-state index contributed by atoms with van der Waals surface area (Å²) in [6.45, 7) is 0. The zero-order valence-electron chi connectivity index (χ0n) is 12.4. The van der Waals surface area contributed by atoms with Crippen molar-refractivity contribution in [2.45, 2.75) is 6.18 Å². The van der Waals surface area contributed by atoms with Gasteiger partial charge in [0.2, 0.25) is 11.8 Å². The van der Waals surface area contributed by atoms with E-state index in [1.165, 1.54) is 30.3 Å². The molecule has 0 saturated carbocycles. The molecule has 1 N–H and O–H groups in total. The van der Waals surface area contributed by atoms with Crippen LogP contribution in [0, 0.1) is 0 Å². The number of aromatic nitrogens is 4. The Labute approximate surface area is 134 Å². The Morgan fingerprint density at radius 1 is 1.12 bits per heavy atom. The van der Waals surface area contributed by atoms with Crippen molar-refractivity contribution in [3.05, 3.63) is 54.5 Å². The first kappa shape index (κ1) is 15.8. The van der Waals surface area contributed by atoms with Gasteiger partial charge in [-0.1, -0.05) is 6.07 Å². The molecule has 0 fully saturated rings. The van der Waals surface area contributed by atoms with Gasteiger partial charge >= 0.3 is 6.18 Å². The monoisotopic (exact) mass is 335 g/mol. The number of methoxy groups -OCH3 is 1. The van der Waals surface area contributed by atoms with Crippen molar-refractivity contribution in [3.8, 4) is 11.6 Å². The summed E-state index contributed by atoms with van der Waals surface area (Å²) >= 11 is 0. The molecule has 3 aromatic rings. The number of nitrogens with zero attached hydrogens (tertiary/aromatic N) is 4. The van der Waals surface area contributed by atoms with Crippen molar-refractivity contribution in [1.82, 2.24) is 19.7 Å². The number of hydrogen-bond acceptors (Lipinski definition) is 5. The second-order valence-electron chi connectivity index (χ2n) is 4.77. The van der Waals surface area contributed by atoms with E-state index in [9.17, 15) is 13.2 Å². The molecule has 0 radical (unpaired) electrons. The fourth-order valence-electron chi connectivity index (χ4n) is 2.00. The molecule has 0 atom stereocenters. The Morgan fingerprint density at radius 3 is 2.71 bits per heavy atom. The molecule has 0 spiro atoms. The molecule has 0 saturated heterocycles. The van der Waals surface area contributed by atoms with E-state index in [-0.39, 0.29) is 11.6 Å². The van der Waals surface area contributed by atoms with E-state index in [0.29, 0.717) is 11.6 Å². The van der Waals surface area contributed by atoms with Gasteiger partial charge < -0.3 is 10.1 Å². The van der Waals surface area contributed by atoms with Gasteiger partial charge in [0.25, 0.3) is 0 Å². The smallest absolute Gasteiger partial charge is 0.416 e. The third kappa shape index (κ3) is 3.45. The zero-order chi connectivity index (χ0) is 17.2. The number of pyridine rings is 1. The van der Waals surface area contributed by atoms with Crippen molar-refractivity contribution >= 4 is 11.6 Å². The maximum absolute atomic E-state index is 12.8.